The molecular formula is C24H30N2O2S2. The molecule has 0 N–H and O–H groups in total. The molecule has 0 fully saturated rings. The predicted molar refractivity (Wildman–Crippen MR) is 127 cm³/mol. The van der Waals surface area contributed by atoms with Gasteiger partial charge in [0, 0.05) is 17.1 Å². The van der Waals surface area contributed by atoms with E-state index in [9.17, 15) is 4.79 Å². The largest absolute Gasteiger partial charge is 0.372 e. The monoisotopic (exact) mass is 442 g/mol. The Morgan fingerprint density at radius 1 is 1.33 bits per heavy atom. The summed E-state index contributed by atoms with van der Waals surface area (Å²) in [5.74, 6) is 1.40. The second-order valence-electron chi connectivity index (χ2n) is 8.41. The number of rotatable bonds is 7. The van der Waals surface area contributed by atoms with Crippen molar-refractivity contribution in [1.82, 2.24) is 9.55 Å². The first-order valence-electron chi connectivity index (χ1n) is 10.9. The number of hydrogen-bond donors (Lipinski definition) is 0. The van der Waals surface area contributed by atoms with Crippen LogP contribution in [-0.2, 0) is 17.8 Å². The Balaban J connectivity index is 1.86. The SMILES string of the molecule is CCCCCSc1nc2sc3c(c2c(=O)n1-c1cccc(C)c1)C[C@H](C(C)C)OC3. The molecule has 4 nitrogen and oxygen atoms in total. The minimum Gasteiger partial charge on any atom is -0.372 e. The van der Waals surface area contributed by atoms with Crippen LogP contribution in [0.25, 0.3) is 15.9 Å². The quantitative estimate of drug-likeness (QED) is 0.251. The topological polar surface area (TPSA) is 44.1 Å². The van der Waals surface area contributed by atoms with Crippen LogP contribution in [0.1, 0.15) is 56.0 Å². The summed E-state index contributed by atoms with van der Waals surface area (Å²) < 4.78 is 7.89. The van der Waals surface area contributed by atoms with Crippen LogP contribution in [0.2, 0.25) is 0 Å². The number of nitrogens with zero attached hydrogens (tertiary/aromatic N) is 2. The maximum atomic E-state index is 13.8. The first-order chi connectivity index (χ1) is 14.5. The highest BCUT2D eigenvalue weighted by molar-refractivity contribution is 7.99. The predicted octanol–water partition coefficient (Wildman–Crippen LogP) is 6.14. The lowest BCUT2D eigenvalue weighted by Gasteiger charge is -2.26. The van der Waals surface area contributed by atoms with Gasteiger partial charge in [0.2, 0.25) is 0 Å². The molecule has 0 saturated carbocycles. The molecule has 1 aromatic carbocycles. The third-order valence-electron chi connectivity index (χ3n) is 5.69. The Morgan fingerprint density at radius 2 is 2.17 bits per heavy atom. The molecule has 0 radical (unpaired) electrons. The number of aromatic nitrogens is 2. The highest BCUT2D eigenvalue weighted by Crippen LogP contribution is 2.36. The third kappa shape index (κ3) is 4.23. The van der Waals surface area contributed by atoms with Crippen molar-refractivity contribution in [2.75, 3.05) is 5.75 Å². The van der Waals surface area contributed by atoms with Crippen molar-refractivity contribution in [2.45, 2.75) is 71.2 Å². The zero-order chi connectivity index (χ0) is 21.3. The summed E-state index contributed by atoms with van der Waals surface area (Å²) in [4.78, 5) is 20.9. The van der Waals surface area contributed by atoms with Crippen LogP contribution in [0.4, 0.5) is 0 Å². The van der Waals surface area contributed by atoms with Gasteiger partial charge in [-0.1, -0.05) is 57.5 Å². The van der Waals surface area contributed by atoms with Gasteiger partial charge in [0.15, 0.2) is 5.16 Å². The average molecular weight is 443 g/mol. The van der Waals surface area contributed by atoms with E-state index in [1.165, 1.54) is 12.8 Å². The summed E-state index contributed by atoms with van der Waals surface area (Å²) >= 11 is 3.33. The highest BCUT2D eigenvalue weighted by Gasteiger charge is 2.28. The fourth-order valence-electron chi connectivity index (χ4n) is 3.94. The number of unbranched alkanes of at least 4 members (excludes halogenated alkanes) is 2. The van der Waals surface area contributed by atoms with Crippen molar-refractivity contribution in [3.8, 4) is 5.69 Å². The summed E-state index contributed by atoms with van der Waals surface area (Å²) in [6.45, 7) is 9.21. The second kappa shape index (κ2) is 9.25. The van der Waals surface area contributed by atoms with Crippen molar-refractivity contribution in [1.29, 1.82) is 0 Å². The average Bonchev–Trinajstić information content (AvgIpc) is 3.09. The van der Waals surface area contributed by atoms with Gasteiger partial charge in [0.25, 0.3) is 5.56 Å². The maximum Gasteiger partial charge on any atom is 0.267 e. The van der Waals surface area contributed by atoms with Crippen molar-refractivity contribution in [3.05, 3.63) is 50.6 Å². The van der Waals surface area contributed by atoms with Crippen LogP contribution in [0.3, 0.4) is 0 Å². The van der Waals surface area contributed by atoms with E-state index in [2.05, 4.69) is 39.8 Å². The van der Waals surface area contributed by atoms with E-state index in [4.69, 9.17) is 9.72 Å². The van der Waals surface area contributed by atoms with E-state index in [-0.39, 0.29) is 11.7 Å². The molecule has 6 heteroatoms. The Morgan fingerprint density at radius 3 is 2.90 bits per heavy atom. The summed E-state index contributed by atoms with van der Waals surface area (Å²) in [6.07, 6.45) is 4.47. The molecule has 160 valence electrons. The Hall–Kier alpha value is -1.63. The smallest absolute Gasteiger partial charge is 0.267 e. The van der Waals surface area contributed by atoms with E-state index in [0.29, 0.717) is 12.5 Å². The number of hydrogen-bond acceptors (Lipinski definition) is 5. The lowest BCUT2D eigenvalue weighted by molar-refractivity contribution is 0.00200. The maximum absolute atomic E-state index is 13.8. The Labute approximate surface area is 186 Å². The van der Waals surface area contributed by atoms with Crippen molar-refractivity contribution in [3.63, 3.8) is 0 Å². The number of benzene rings is 1. The lowest BCUT2D eigenvalue weighted by Crippen LogP contribution is -2.28. The molecule has 0 saturated heterocycles. The van der Waals surface area contributed by atoms with Gasteiger partial charge in [-0.15, -0.1) is 11.3 Å². The van der Waals surface area contributed by atoms with E-state index in [1.807, 2.05) is 16.7 Å². The Bertz CT molecular complexity index is 1100. The molecule has 2 aromatic heterocycles. The lowest BCUT2D eigenvalue weighted by atomic mass is 9.96. The summed E-state index contributed by atoms with van der Waals surface area (Å²) in [5, 5.41) is 1.59. The van der Waals surface area contributed by atoms with Crippen LogP contribution >= 0.6 is 23.1 Å². The molecule has 3 aromatic rings. The first kappa shape index (κ1) is 21.6. The molecule has 3 heterocycles. The molecule has 0 bridgehead atoms. The number of thiophene rings is 1. The molecule has 30 heavy (non-hydrogen) atoms. The van der Waals surface area contributed by atoms with Crippen LogP contribution in [0, 0.1) is 12.8 Å². The normalized spacial score (nSPS) is 16.4. The zero-order valence-corrected chi connectivity index (χ0v) is 19.9. The number of ether oxygens (including phenoxy) is 1. The van der Waals surface area contributed by atoms with Gasteiger partial charge in [-0.3, -0.25) is 9.36 Å². The van der Waals surface area contributed by atoms with E-state index in [0.717, 1.165) is 55.7 Å². The Kier molecular flexibility index (Phi) is 6.66. The number of aryl methyl sites for hydroxylation is 1. The van der Waals surface area contributed by atoms with Crippen LogP contribution in [0.15, 0.2) is 34.2 Å². The standard InChI is InChI=1S/C24H30N2O2S2/c1-5-6-7-11-29-24-25-22-21(18-13-19(15(2)3)28-14-20(18)30-22)23(27)26(24)17-10-8-9-16(4)12-17/h8-10,12,15,19H,5-7,11,13-14H2,1-4H3/t19-/m1/s1. The molecule has 0 spiro atoms. The summed E-state index contributed by atoms with van der Waals surface area (Å²) in [7, 11) is 0. The third-order valence-corrected chi connectivity index (χ3v) is 7.82. The molecular weight excluding hydrogens is 412 g/mol. The molecule has 1 aliphatic heterocycles. The van der Waals surface area contributed by atoms with Gasteiger partial charge >= 0.3 is 0 Å². The van der Waals surface area contributed by atoms with Gasteiger partial charge in [-0.2, -0.15) is 0 Å². The van der Waals surface area contributed by atoms with E-state index < -0.39 is 0 Å². The zero-order valence-electron chi connectivity index (χ0n) is 18.2. The first-order valence-corrected chi connectivity index (χ1v) is 12.7. The van der Waals surface area contributed by atoms with E-state index >= 15 is 0 Å². The van der Waals surface area contributed by atoms with Crippen LogP contribution in [0.5, 0.6) is 0 Å². The molecule has 0 amide bonds. The second-order valence-corrected chi connectivity index (χ2v) is 10.6. The fraction of sp³-hybridized carbons (Fsp3) is 0.500. The van der Waals surface area contributed by atoms with Crippen LogP contribution in [-0.4, -0.2) is 21.4 Å². The van der Waals surface area contributed by atoms with Gasteiger partial charge in [0.05, 0.1) is 23.8 Å². The van der Waals surface area contributed by atoms with E-state index in [1.54, 1.807) is 23.1 Å². The van der Waals surface area contributed by atoms with Crippen LogP contribution < -0.4 is 5.56 Å². The van der Waals surface area contributed by atoms with Crippen molar-refractivity contribution < 1.29 is 4.74 Å². The van der Waals surface area contributed by atoms with Gasteiger partial charge in [-0.05, 0) is 42.5 Å². The molecule has 0 unspecified atom stereocenters. The van der Waals surface area contributed by atoms with Gasteiger partial charge in [0.1, 0.15) is 4.83 Å². The summed E-state index contributed by atoms with van der Waals surface area (Å²) in [5.41, 5.74) is 3.26. The number of thioether (sulfide) groups is 1. The number of fused-ring (bicyclic) bond motifs is 3. The molecule has 1 atom stereocenters. The minimum absolute atomic E-state index is 0.0606. The fourth-order valence-corrected chi connectivity index (χ4v) is 6.12. The van der Waals surface area contributed by atoms with Gasteiger partial charge < -0.3 is 4.74 Å². The highest BCUT2D eigenvalue weighted by atomic mass is 32.2. The van der Waals surface area contributed by atoms with Crippen molar-refractivity contribution >= 4 is 33.3 Å². The summed E-state index contributed by atoms with van der Waals surface area (Å²) in [6, 6.07) is 8.16. The van der Waals surface area contributed by atoms with Gasteiger partial charge in [-0.25, -0.2) is 4.98 Å². The minimum atomic E-state index is 0.0606. The van der Waals surface area contributed by atoms with Crippen molar-refractivity contribution in [2.24, 2.45) is 5.92 Å². The molecule has 0 aliphatic carbocycles. The molecule has 4 rings (SSSR count). The molecule has 1 aliphatic rings.